The van der Waals surface area contributed by atoms with Gasteiger partial charge in [-0.3, -0.25) is 14.7 Å². The number of anilines is 1. The molecule has 1 fully saturated rings. The third-order valence-electron chi connectivity index (χ3n) is 5.35. The monoisotopic (exact) mass is 402 g/mol. The van der Waals surface area contributed by atoms with Crippen molar-refractivity contribution >= 4 is 27.5 Å². The quantitative estimate of drug-likeness (QED) is 0.561. The van der Waals surface area contributed by atoms with E-state index < -0.39 is 0 Å². The molecular formula is C23H22N4OS. The number of nitrogens with one attached hydrogen (secondary N) is 1. The predicted octanol–water partition coefficient (Wildman–Crippen LogP) is 3.97. The summed E-state index contributed by atoms with van der Waals surface area (Å²) >= 11 is 1.50. The Hall–Kier alpha value is -2.96. The third-order valence-corrected chi connectivity index (χ3v) is 6.52. The van der Waals surface area contributed by atoms with E-state index in [1.165, 1.54) is 16.9 Å². The van der Waals surface area contributed by atoms with Crippen LogP contribution in [0.2, 0.25) is 0 Å². The molecule has 0 aliphatic carbocycles. The molecule has 0 saturated carbocycles. The molecule has 29 heavy (non-hydrogen) atoms. The first-order valence-corrected chi connectivity index (χ1v) is 10.7. The van der Waals surface area contributed by atoms with Crippen LogP contribution in [0, 0.1) is 0 Å². The Morgan fingerprint density at radius 1 is 0.931 bits per heavy atom. The van der Waals surface area contributed by atoms with Gasteiger partial charge in [0.1, 0.15) is 4.70 Å². The summed E-state index contributed by atoms with van der Waals surface area (Å²) in [6, 6.07) is 22.7. The fourth-order valence-corrected chi connectivity index (χ4v) is 4.78. The van der Waals surface area contributed by atoms with Gasteiger partial charge in [-0.05, 0) is 17.2 Å². The van der Waals surface area contributed by atoms with Crippen LogP contribution in [0.4, 0.5) is 5.95 Å². The molecule has 5 nitrogen and oxygen atoms in total. The van der Waals surface area contributed by atoms with Crippen molar-refractivity contribution < 1.29 is 0 Å². The van der Waals surface area contributed by atoms with Gasteiger partial charge in [0, 0.05) is 37.6 Å². The van der Waals surface area contributed by atoms with Gasteiger partial charge >= 0.3 is 0 Å². The van der Waals surface area contributed by atoms with E-state index in [9.17, 15) is 4.79 Å². The van der Waals surface area contributed by atoms with Crippen molar-refractivity contribution in [2.75, 3.05) is 31.1 Å². The number of fused-ring (bicyclic) bond motifs is 1. The Bertz CT molecular complexity index is 1160. The Morgan fingerprint density at radius 2 is 1.62 bits per heavy atom. The number of benzene rings is 2. The minimum absolute atomic E-state index is 0.0519. The van der Waals surface area contributed by atoms with Crippen LogP contribution < -0.4 is 10.5 Å². The maximum absolute atomic E-state index is 12.7. The Morgan fingerprint density at radius 3 is 2.34 bits per heavy atom. The van der Waals surface area contributed by atoms with Crippen LogP contribution in [-0.2, 0) is 6.54 Å². The first kappa shape index (κ1) is 18.1. The SMILES string of the molecule is O=c1[nH]c(N2CCN(Cc3ccccc3)CC2)nc2cc(-c3ccccc3)sc12. The lowest BCUT2D eigenvalue weighted by Crippen LogP contribution is -2.46. The van der Waals surface area contributed by atoms with Crippen molar-refractivity contribution in [1.29, 1.82) is 0 Å². The largest absolute Gasteiger partial charge is 0.340 e. The summed E-state index contributed by atoms with van der Waals surface area (Å²) in [4.78, 5) is 26.1. The number of aromatic amines is 1. The smallest absolute Gasteiger partial charge is 0.270 e. The van der Waals surface area contributed by atoms with E-state index in [1.807, 2.05) is 30.3 Å². The molecule has 0 amide bonds. The van der Waals surface area contributed by atoms with E-state index in [-0.39, 0.29) is 5.56 Å². The summed E-state index contributed by atoms with van der Waals surface area (Å²) in [6.45, 7) is 4.58. The van der Waals surface area contributed by atoms with Crippen LogP contribution in [0.15, 0.2) is 71.5 Å². The topological polar surface area (TPSA) is 52.2 Å². The van der Waals surface area contributed by atoms with Gasteiger partial charge in [-0.1, -0.05) is 60.7 Å². The van der Waals surface area contributed by atoms with E-state index in [4.69, 9.17) is 4.98 Å². The normalized spacial score (nSPS) is 15.1. The second-order valence-electron chi connectivity index (χ2n) is 7.33. The molecule has 1 saturated heterocycles. The van der Waals surface area contributed by atoms with Gasteiger partial charge in [0.05, 0.1) is 5.52 Å². The molecule has 1 aliphatic heterocycles. The highest BCUT2D eigenvalue weighted by atomic mass is 32.1. The molecule has 146 valence electrons. The average Bonchev–Trinajstić information content (AvgIpc) is 3.21. The molecule has 1 aliphatic rings. The highest BCUT2D eigenvalue weighted by molar-refractivity contribution is 7.22. The third kappa shape index (κ3) is 3.81. The fraction of sp³-hybridized carbons (Fsp3) is 0.217. The minimum atomic E-state index is -0.0519. The fourth-order valence-electron chi connectivity index (χ4n) is 3.78. The average molecular weight is 403 g/mol. The minimum Gasteiger partial charge on any atom is -0.340 e. The van der Waals surface area contributed by atoms with E-state index in [1.54, 1.807) is 0 Å². The highest BCUT2D eigenvalue weighted by Gasteiger charge is 2.20. The Balaban J connectivity index is 1.34. The first-order chi connectivity index (χ1) is 14.3. The van der Waals surface area contributed by atoms with Crippen LogP contribution in [0.1, 0.15) is 5.56 Å². The van der Waals surface area contributed by atoms with Crippen molar-refractivity contribution in [2.45, 2.75) is 6.54 Å². The van der Waals surface area contributed by atoms with E-state index in [0.29, 0.717) is 10.6 Å². The Labute approximate surface area is 173 Å². The van der Waals surface area contributed by atoms with E-state index in [0.717, 1.165) is 48.7 Å². The van der Waals surface area contributed by atoms with E-state index in [2.05, 4.69) is 51.2 Å². The summed E-state index contributed by atoms with van der Waals surface area (Å²) in [6.07, 6.45) is 0. The van der Waals surface area contributed by atoms with Crippen molar-refractivity contribution in [1.82, 2.24) is 14.9 Å². The predicted molar refractivity (Wildman–Crippen MR) is 120 cm³/mol. The number of hydrogen-bond acceptors (Lipinski definition) is 5. The second-order valence-corrected chi connectivity index (χ2v) is 8.38. The number of aromatic nitrogens is 2. The summed E-state index contributed by atoms with van der Waals surface area (Å²) in [5, 5.41) is 0. The zero-order valence-electron chi connectivity index (χ0n) is 16.0. The van der Waals surface area contributed by atoms with Crippen LogP contribution >= 0.6 is 11.3 Å². The van der Waals surface area contributed by atoms with Crippen molar-refractivity contribution in [2.24, 2.45) is 0 Å². The molecular weight excluding hydrogens is 380 g/mol. The van der Waals surface area contributed by atoms with Gasteiger partial charge < -0.3 is 4.90 Å². The number of nitrogens with zero attached hydrogens (tertiary/aromatic N) is 3. The van der Waals surface area contributed by atoms with Gasteiger partial charge in [-0.2, -0.15) is 0 Å². The molecule has 0 bridgehead atoms. The molecule has 5 rings (SSSR count). The van der Waals surface area contributed by atoms with Crippen LogP contribution in [0.25, 0.3) is 20.7 Å². The summed E-state index contributed by atoms with van der Waals surface area (Å²) < 4.78 is 0.690. The summed E-state index contributed by atoms with van der Waals surface area (Å²) in [5.41, 5.74) is 3.18. The molecule has 0 unspecified atom stereocenters. The van der Waals surface area contributed by atoms with Gasteiger partial charge in [0.2, 0.25) is 5.95 Å². The van der Waals surface area contributed by atoms with Crippen molar-refractivity contribution in [3.63, 3.8) is 0 Å². The van der Waals surface area contributed by atoms with Gasteiger partial charge in [0.25, 0.3) is 5.56 Å². The van der Waals surface area contributed by atoms with Crippen LogP contribution in [-0.4, -0.2) is 41.0 Å². The molecule has 0 radical (unpaired) electrons. The summed E-state index contributed by atoms with van der Waals surface area (Å²) in [7, 11) is 0. The maximum Gasteiger partial charge on any atom is 0.270 e. The molecule has 2 aromatic heterocycles. The van der Waals surface area contributed by atoms with Gasteiger partial charge in [-0.25, -0.2) is 4.98 Å². The zero-order chi connectivity index (χ0) is 19.6. The number of H-pyrrole nitrogens is 1. The van der Waals surface area contributed by atoms with Crippen LogP contribution in [0.5, 0.6) is 0 Å². The summed E-state index contributed by atoms with van der Waals surface area (Å²) in [5.74, 6) is 0.680. The zero-order valence-corrected chi connectivity index (χ0v) is 16.9. The number of thiophene rings is 1. The molecule has 1 N–H and O–H groups in total. The van der Waals surface area contributed by atoms with E-state index >= 15 is 0 Å². The molecule has 4 aromatic rings. The number of hydrogen-bond donors (Lipinski definition) is 1. The molecule has 6 heteroatoms. The molecule has 0 atom stereocenters. The van der Waals surface area contributed by atoms with Crippen LogP contribution in [0.3, 0.4) is 0 Å². The lowest BCUT2D eigenvalue weighted by molar-refractivity contribution is 0.248. The molecule has 3 heterocycles. The standard InChI is InChI=1S/C23H22N4OS/c28-22-21-19(15-20(29-21)18-9-5-2-6-10-18)24-23(25-22)27-13-11-26(12-14-27)16-17-7-3-1-4-8-17/h1-10,15H,11-14,16H2,(H,24,25,28). The lowest BCUT2D eigenvalue weighted by Gasteiger charge is -2.35. The maximum atomic E-state index is 12.7. The first-order valence-electron chi connectivity index (χ1n) is 9.87. The molecule has 2 aromatic carbocycles. The van der Waals surface area contributed by atoms with Crippen molar-refractivity contribution in [3.05, 3.63) is 82.6 Å². The van der Waals surface area contributed by atoms with Crippen molar-refractivity contribution in [3.8, 4) is 10.4 Å². The number of piperazine rings is 1. The lowest BCUT2D eigenvalue weighted by atomic mass is 10.2. The Kier molecular flexibility index (Phi) is 4.87. The van der Waals surface area contributed by atoms with Gasteiger partial charge in [0.15, 0.2) is 0 Å². The second kappa shape index (κ2) is 7.81. The number of rotatable bonds is 4. The van der Waals surface area contributed by atoms with Gasteiger partial charge in [-0.15, -0.1) is 11.3 Å². The highest BCUT2D eigenvalue weighted by Crippen LogP contribution is 2.31. The molecule has 0 spiro atoms.